The van der Waals surface area contributed by atoms with Gasteiger partial charge in [-0.3, -0.25) is 0 Å². The SMILES string of the molecule is N#Cc1ccc2c(c1)Oc1ccc(-c3cc4c5ccccc5c(-c5cccc6ccccc56)cc4c4ccccc34)c3cccc-2c13.N#Cc1ccc2c(c1)Oc1ccc(-c3ccc(-c4cc5c6ccccc6ccc5c5ccccc45)cc3)c3cccc-2c13. The molecule has 0 saturated carbocycles. The average Bonchev–Trinajstić information content (AvgIpc) is 0.759. The molecule has 0 saturated heterocycles. The molecule has 2 heterocycles. The molecular weight excluding hydrogens is 1090 g/mol. The van der Waals surface area contributed by atoms with Gasteiger partial charge in [-0.25, -0.2) is 0 Å². The van der Waals surface area contributed by atoms with Gasteiger partial charge in [-0.2, -0.15) is 10.5 Å². The van der Waals surface area contributed by atoms with E-state index in [1.54, 1.807) is 0 Å². The fourth-order valence-corrected chi connectivity index (χ4v) is 14.7. The molecule has 0 bridgehead atoms. The summed E-state index contributed by atoms with van der Waals surface area (Å²) in [6.07, 6.45) is 0. The Kier molecular flexibility index (Phi) is 11.4. The molecule has 90 heavy (non-hydrogen) atoms. The fraction of sp³-hybridized carbons (Fsp3) is 0. The van der Waals surface area contributed by atoms with Gasteiger partial charge in [0.2, 0.25) is 0 Å². The molecule has 4 nitrogen and oxygen atoms in total. The van der Waals surface area contributed by atoms with E-state index in [-0.39, 0.29) is 0 Å². The van der Waals surface area contributed by atoms with E-state index in [1.165, 1.54) is 114 Å². The number of benzene rings is 17. The van der Waals surface area contributed by atoms with Gasteiger partial charge < -0.3 is 9.47 Å². The van der Waals surface area contributed by atoms with Crippen molar-refractivity contribution in [2.75, 3.05) is 0 Å². The summed E-state index contributed by atoms with van der Waals surface area (Å²) in [5, 5.41) is 40.9. The molecule has 2 aliphatic heterocycles. The minimum absolute atomic E-state index is 0.592. The first kappa shape index (κ1) is 50.9. The van der Waals surface area contributed by atoms with Crippen LogP contribution in [0, 0.1) is 22.7 Å². The van der Waals surface area contributed by atoms with Crippen LogP contribution in [0.5, 0.6) is 23.0 Å². The van der Waals surface area contributed by atoms with Gasteiger partial charge in [-0.1, -0.05) is 224 Å². The quantitative estimate of drug-likeness (QED) is 0.165. The smallest absolute Gasteiger partial charge is 0.136 e. The van der Waals surface area contributed by atoms with Crippen molar-refractivity contribution >= 4 is 97.0 Å². The van der Waals surface area contributed by atoms with Crippen LogP contribution >= 0.6 is 0 Å². The molecule has 0 amide bonds. The second kappa shape index (κ2) is 20.1. The summed E-state index contributed by atoms with van der Waals surface area (Å²) in [6, 6.07) is 108. The monoisotopic (exact) mass is 1140 g/mol. The number of hydrogen-bond donors (Lipinski definition) is 0. The fourth-order valence-electron chi connectivity index (χ4n) is 14.7. The largest absolute Gasteiger partial charge is 0.456 e. The topological polar surface area (TPSA) is 66.0 Å². The molecule has 0 spiro atoms. The lowest BCUT2D eigenvalue weighted by molar-refractivity contribution is 0.486. The predicted octanol–water partition coefficient (Wildman–Crippen LogP) is 23.7. The Morgan fingerprint density at radius 2 is 0.567 bits per heavy atom. The number of hydrogen-bond acceptors (Lipinski definition) is 4. The van der Waals surface area contributed by atoms with E-state index in [9.17, 15) is 10.5 Å². The second-order valence-corrected chi connectivity index (χ2v) is 23.5. The Morgan fingerprint density at radius 3 is 1.13 bits per heavy atom. The molecule has 19 rings (SSSR count). The van der Waals surface area contributed by atoms with E-state index in [2.05, 4.69) is 267 Å². The first-order chi connectivity index (χ1) is 44.5. The van der Waals surface area contributed by atoms with Gasteiger partial charge in [0.25, 0.3) is 0 Å². The molecule has 0 aliphatic carbocycles. The van der Waals surface area contributed by atoms with Crippen molar-refractivity contribution in [2.24, 2.45) is 0 Å². The van der Waals surface area contributed by atoms with E-state index >= 15 is 0 Å². The lowest BCUT2D eigenvalue weighted by Crippen LogP contribution is -1.98. The van der Waals surface area contributed by atoms with Gasteiger partial charge >= 0.3 is 0 Å². The summed E-state index contributed by atoms with van der Waals surface area (Å²) in [4.78, 5) is 0. The molecule has 0 aromatic heterocycles. The number of rotatable bonds is 4. The van der Waals surface area contributed by atoms with Crippen molar-refractivity contribution in [1.29, 1.82) is 10.5 Å². The van der Waals surface area contributed by atoms with Gasteiger partial charge in [-0.15, -0.1) is 0 Å². The third-order valence-electron chi connectivity index (χ3n) is 18.8. The van der Waals surface area contributed by atoms with Gasteiger partial charge in [-0.05, 0) is 209 Å². The van der Waals surface area contributed by atoms with Crippen LogP contribution in [0.4, 0.5) is 0 Å². The van der Waals surface area contributed by atoms with Gasteiger partial charge in [0.15, 0.2) is 0 Å². The van der Waals surface area contributed by atoms with Crippen LogP contribution in [0.25, 0.3) is 164 Å². The van der Waals surface area contributed by atoms with E-state index in [0.29, 0.717) is 11.1 Å². The number of nitriles is 2. The van der Waals surface area contributed by atoms with Gasteiger partial charge in [0.05, 0.1) is 23.3 Å². The Bertz CT molecular complexity index is 6060. The van der Waals surface area contributed by atoms with Gasteiger partial charge in [0, 0.05) is 21.9 Å². The Hall–Kier alpha value is -12.3. The van der Waals surface area contributed by atoms with Gasteiger partial charge in [0.1, 0.15) is 23.0 Å². The van der Waals surface area contributed by atoms with E-state index in [0.717, 1.165) is 72.4 Å². The first-order valence-electron chi connectivity index (χ1n) is 30.4. The zero-order chi connectivity index (χ0) is 59.6. The van der Waals surface area contributed by atoms with Crippen molar-refractivity contribution in [1.82, 2.24) is 0 Å². The maximum Gasteiger partial charge on any atom is 0.136 e. The van der Waals surface area contributed by atoms with Crippen LogP contribution in [-0.4, -0.2) is 0 Å². The summed E-state index contributed by atoms with van der Waals surface area (Å²) in [6.45, 7) is 0. The summed E-state index contributed by atoms with van der Waals surface area (Å²) in [7, 11) is 0. The lowest BCUT2D eigenvalue weighted by Gasteiger charge is -2.23. The van der Waals surface area contributed by atoms with Crippen molar-refractivity contribution < 1.29 is 9.47 Å². The van der Waals surface area contributed by atoms with Crippen molar-refractivity contribution in [3.8, 4) is 102 Å². The van der Waals surface area contributed by atoms with E-state index < -0.39 is 0 Å². The lowest BCUT2D eigenvalue weighted by atomic mass is 9.85. The number of fused-ring (bicyclic) bond motifs is 15. The Labute approximate surface area is 518 Å². The normalized spacial score (nSPS) is 11.9. The molecular formula is C86H48N2O2. The highest BCUT2D eigenvalue weighted by Crippen LogP contribution is 2.52. The highest BCUT2D eigenvalue weighted by atomic mass is 16.5. The van der Waals surface area contributed by atoms with Crippen molar-refractivity contribution in [2.45, 2.75) is 0 Å². The zero-order valence-electron chi connectivity index (χ0n) is 48.4. The number of nitrogens with zero attached hydrogens (tertiary/aromatic N) is 2. The third kappa shape index (κ3) is 7.86. The molecule has 17 aromatic carbocycles. The molecule has 4 heteroatoms. The minimum atomic E-state index is 0.592. The molecule has 414 valence electrons. The van der Waals surface area contributed by atoms with Crippen molar-refractivity contribution in [3.63, 3.8) is 0 Å². The van der Waals surface area contributed by atoms with Crippen LogP contribution in [-0.2, 0) is 0 Å². The van der Waals surface area contributed by atoms with Crippen LogP contribution in [0.3, 0.4) is 0 Å². The molecule has 0 radical (unpaired) electrons. The van der Waals surface area contributed by atoms with Crippen molar-refractivity contribution in [3.05, 3.63) is 302 Å². The molecule has 0 atom stereocenters. The first-order valence-corrected chi connectivity index (χ1v) is 30.4. The average molecular weight is 1140 g/mol. The molecule has 0 N–H and O–H groups in total. The Morgan fingerprint density at radius 1 is 0.200 bits per heavy atom. The van der Waals surface area contributed by atoms with E-state index in [4.69, 9.17) is 9.47 Å². The maximum atomic E-state index is 9.49. The van der Waals surface area contributed by atoms with Crippen LogP contribution < -0.4 is 9.47 Å². The highest BCUT2D eigenvalue weighted by molar-refractivity contribution is 6.27. The predicted molar refractivity (Wildman–Crippen MR) is 373 cm³/mol. The standard InChI is InChI=1S/C45H25NO.C41H23NO/c46-26-27-19-20-36-38-18-8-17-37-35(21-22-43(45(37)38)47-44(36)23-27)40-25-42-33-14-5-3-12-31(33)39(24-41(42)34-15-6-4-13-32(34)40)30-16-7-10-28-9-1-2-11-29(28)30;42-24-25-12-18-34-36-11-5-10-35-30(20-21-39(41(35)36)43-40(34)22-25)27-13-15-28(16-14-27)37-23-38-29-7-2-1-6-26(29)17-19-33(38)31-8-3-4-9-32(31)37/h1-25H;1-23H. The number of ether oxygens (including phenoxy) is 2. The maximum absolute atomic E-state index is 9.49. The summed E-state index contributed by atoms with van der Waals surface area (Å²) in [5.74, 6) is 3.09. The Balaban J connectivity index is 0.000000134. The molecule has 2 aliphatic rings. The summed E-state index contributed by atoms with van der Waals surface area (Å²) >= 11 is 0. The molecule has 0 unspecified atom stereocenters. The highest BCUT2D eigenvalue weighted by Gasteiger charge is 2.26. The van der Waals surface area contributed by atoms with Crippen LogP contribution in [0.1, 0.15) is 11.1 Å². The van der Waals surface area contributed by atoms with Crippen LogP contribution in [0.15, 0.2) is 291 Å². The second-order valence-electron chi connectivity index (χ2n) is 23.5. The zero-order valence-corrected chi connectivity index (χ0v) is 48.4. The van der Waals surface area contributed by atoms with Crippen LogP contribution in [0.2, 0.25) is 0 Å². The molecule has 17 aromatic rings. The summed E-state index contributed by atoms with van der Waals surface area (Å²) < 4.78 is 12.7. The molecule has 0 fully saturated rings. The minimum Gasteiger partial charge on any atom is -0.456 e. The third-order valence-corrected chi connectivity index (χ3v) is 18.8. The summed E-state index contributed by atoms with van der Waals surface area (Å²) in [5.41, 5.74) is 15.1. The van der Waals surface area contributed by atoms with E-state index in [1.807, 2.05) is 36.4 Å².